The normalized spacial score (nSPS) is 24.5. The van der Waals surface area contributed by atoms with Crippen LogP contribution in [0.1, 0.15) is 26.1 Å². The Morgan fingerprint density at radius 2 is 2.22 bits per heavy atom. The van der Waals surface area contributed by atoms with E-state index in [2.05, 4.69) is 15.7 Å². The number of imidazole rings is 1. The standard InChI is InChI=1S/C14H20N6O3/c1-3-14(2)12(22)20(13(23)16-14)17-11(21)9-18-6-7-19-5-4-15-10(19)8-18/h4-5H,3,6-9H2,1-2H3,(H,16,23)(H,17,21)/t14-/m0/s1. The molecule has 1 atom stereocenters. The zero-order chi connectivity index (χ0) is 16.6. The first-order valence-electron chi connectivity index (χ1n) is 7.61. The van der Waals surface area contributed by atoms with Crippen LogP contribution in [-0.4, -0.2) is 55.9 Å². The number of hydrogen-bond donors (Lipinski definition) is 2. The molecule has 124 valence electrons. The molecule has 0 spiro atoms. The number of nitrogens with one attached hydrogen (secondary N) is 2. The van der Waals surface area contributed by atoms with Crippen LogP contribution in [0, 0.1) is 0 Å². The van der Waals surface area contributed by atoms with Crippen molar-refractivity contribution in [3.05, 3.63) is 18.2 Å². The molecule has 3 rings (SSSR count). The molecule has 0 unspecified atom stereocenters. The zero-order valence-electron chi connectivity index (χ0n) is 13.2. The van der Waals surface area contributed by atoms with Crippen LogP contribution < -0.4 is 10.7 Å². The van der Waals surface area contributed by atoms with Crippen LogP contribution in [0.15, 0.2) is 12.4 Å². The smallest absolute Gasteiger partial charge is 0.333 e. The molecule has 9 heteroatoms. The lowest BCUT2D eigenvalue weighted by molar-refractivity contribution is -0.139. The van der Waals surface area contributed by atoms with Gasteiger partial charge in [-0.15, -0.1) is 0 Å². The predicted molar refractivity (Wildman–Crippen MR) is 79.7 cm³/mol. The number of hydrazine groups is 1. The molecule has 1 saturated heterocycles. The molecule has 3 heterocycles. The fourth-order valence-corrected chi connectivity index (χ4v) is 2.75. The SMILES string of the molecule is CC[C@]1(C)NC(=O)N(NC(=O)CN2CCn3ccnc3C2)C1=O. The molecule has 23 heavy (non-hydrogen) atoms. The van der Waals surface area contributed by atoms with Gasteiger partial charge in [-0.3, -0.25) is 19.9 Å². The third kappa shape index (κ3) is 2.79. The summed E-state index contributed by atoms with van der Waals surface area (Å²) < 4.78 is 2.04. The summed E-state index contributed by atoms with van der Waals surface area (Å²) in [7, 11) is 0. The van der Waals surface area contributed by atoms with E-state index in [0.29, 0.717) is 19.5 Å². The maximum Gasteiger partial charge on any atom is 0.344 e. The monoisotopic (exact) mass is 320 g/mol. The maximum atomic E-state index is 12.2. The van der Waals surface area contributed by atoms with Gasteiger partial charge in [-0.05, 0) is 13.3 Å². The van der Waals surface area contributed by atoms with Crippen LogP contribution in [0.4, 0.5) is 4.79 Å². The minimum absolute atomic E-state index is 0.104. The van der Waals surface area contributed by atoms with Gasteiger partial charge in [0.2, 0.25) is 0 Å². The van der Waals surface area contributed by atoms with E-state index in [1.807, 2.05) is 15.7 Å². The van der Waals surface area contributed by atoms with Gasteiger partial charge in [-0.1, -0.05) is 6.92 Å². The van der Waals surface area contributed by atoms with Gasteiger partial charge in [0.15, 0.2) is 0 Å². The Morgan fingerprint density at radius 1 is 1.43 bits per heavy atom. The van der Waals surface area contributed by atoms with Crippen molar-refractivity contribution in [2.75, 3.05) is 13.1 Å². The summed E-state index contributed by atoms with van der Waals surface area (Å²) in [6.07, 6.45) is 4.10. The number of imide groups is 1. The van der Waals surface area contributed by atoms with Crippen molar-refractivity contribution in [3.63, 3.8) is 0 Å². The van der Waals surface area contributed by atoms with Crippen LogP contribution in [-0.2, 0) is 22.7 Å². The third-order valence-corrected chi connectivity index (χ3v) is 4.40. The molecule has 2 aliphatic rings. The molecule has 2 N–H and O–H groups in total. The summed E-state index contributed by atoms with van der Waals surface area (Å²) in [5, 5.41) is 3.37. The molecule has 0 aromatic carbocycles. The minimum atomic E-state index is -0.958. The highest BCUT2D eigenvalue weighted by atomic mass is 16.2. The number of nitrogens with zero attached hydrogens (tertiary/aromatic N) is 4. The molecule has 9 nitrogen and oxygen atoms in total. The maximum absolute atomic E-state index is 12.2. The van der Waals surface area contributed by atoms with Crippen molar-refractivity contribution >= 4 is 17.8 Å². The van der Waals surface area contributed by atoms with Crippen molar-refractivity contribution in [2.24, 2.45) is 0 Å². The van der Waals surface area contributed by atoms with E-state index in [1.165, 1.54) is 0 Å². The van der Waals surface area contributed by atoms with E-state index < -0.39 is 23.4 Å². The number of aromatic nitrogens is 2. The summed E-state index contributed by atoms with van der Waals surface area (Å²) >= 11 is 0. The van der Waals surface area contributed by atoms with Gasteiger partial charge in [0.25, 0.3) is 11.8 Å². The Balaban J connectivity index is 1.58. The first-order valence-corrected chi connectivity index (χ1v) is 7.61. The minimum Gasteiger partial charge on any atom is -0.333 e. The number of amides is 4. The van der Waals surface area contributed by atoms with Gasteiger partial charge in [-0.2, -0.15) is 5.01 Å². The van der Waals surface area contributed by atoms with Crippen molar-refractivity contribution in [3.8, 4) is 0 Å². The van der Waals surface area contributed by atoms with E-state index in [-0.39, 0.29) is 6.54 Å². The number of hydrogen-bond acceptors (Lipinski definition) is 5. The molecule has 0 saturated carbocycles. The first kappa shape index (κ1) is 15.5. The van der Waals surface area contributed by atoms with E-state index in [0.717, 1.165) is 17.4 Å². The van der Waals surface area contributed by atoms with Crippen LogP contribution in [0.25, 0.3) is 0 Å². The highest BCUT2D eigenvalue weighted by molar-refractivity contribution is 6.07. The van der Waals surface area contributed by atoms with Crippen molar-refractivity contribution in [1.29, 1.82) is 0 Å². The molecule has 4 amide bonds. The summed E-state index contributed by atoms with van der Waals surface area (Å²) in [5.41, 5.74) is 1.44. The lowest BCUT2D eigenvalue weighted by Gasteiger charge is -2.27. The highest BCUT2D eigenvalue weighted by Crippen LogP contribution is 2.19. The molecule has 0 bridgehead atoms. The van der Waals surface area contributed by atoms with Gasteiger partial charge in [0, 0.05) is 25.5 Å². The summed E-state index contributed by atoms with van der Waals surface area (Å²) in [4.78, 5) is 42.4. The Hall–Kier alpha value is -2.42. The number of rotatable bonds is 4. The van der Waals surface area contributed by atoms with Gasteiger partial charge in [-0.25, -0.2) is 9.78 Å². The molecule has 1 aromatic rings. The average molecular weight is 320 g/mol. The fraction of sp³-hybridized carbons (Fsp3) is 0.571. The van der Waals surface area contributed by atoms with E-state index in [4.69, 9.17) is 0 Å². The molecule has 1 fully saturated rings. The van der Waals surface area contributed by atoms with E-state index in [9.17, 15) is 14.4 Å². The molecular weight excluding hydrogens is 300 g/mol. The Bertz CT molecular complexity index is 657. The number of fused-ring (bicyclic) bond motifs is 1. The Kier molecular flexibility index (Phi) is 3.80. The number of carbonyl (C=O) groups is 3. The summed E-state index contributed by atoms with van der Waals surface area (Å²) in [5.74, 6) is 0.0685. The largest absolute Gasteiger partial charge is 0.344 e. The van der Waals surface area contributed by atoms with Gasteiger partial charge in [0.05, 0.1) is 13.1 Å². The van der Waals surface area contributed by atoms with Crippen LogP contribution in [0.5, 0.6) is 0 Å². The first-order chi connectivity index (χ1) is 10.9. The van der Waals surface area contributed by atoms with Crippen molar-refractivity contribution < 1.29 is 14.4 Å². The van der Waals surface area contributed by atoms with Gasteiger partial charge >= 0.3 is 6.03 Å². The zero-order valence-corrected chi connectivity index (χ0v) is 13.2. The van der Waals surface area contributed by atoms with Gasteiger partial charge in [0.1, 0.15) is 11.4 Å². The topological polar surface area (TPSA) is 99.6 Å². The van der Waals surface area contributed by atoms with E-state index in [1.54, 1.807) is 20.0 Å². The second-order valence-corrected chi connectivity index (χ2v) is 6.04. The fourth-order valence-electron chi connectivity index (χ4n) is 2.75. The van der Waals surface area contributed by atoms with Crippen LogP contribution >= 0.6 is 0 Å². The van der Waals surface area contributed by atoms with Crippen molar-refractivity contribution in [2.45, 2.75) is 38.9 Å². The quantitative estimate of drug-likeness (QED) is 0.725. The van der Waals surface area contributed by atoms with Gasteiger partial charge < -0.3 is 9.88 Å². The van der Waals surface area contributed by atoms with Crippen LogP contribution in [0.2, 0.25) is 0 Å². The summed E-state index contributed by atoms with van der Waals surface area (Å²) in [6.45, 7) is 5.59. The Labute approximate surface area is 133 Å². The highest BCUT2D eigenvalue weighted by Gasteiger charge is 2.47. The molecular formula is C14H20N6O3. The lowest BCUT2D eigenvalue weighted by Crippen LogP contribution is -2.51. The molecule has 2 aliphatic heterocycles. The second-order valence-electron chi connectivity index (χ2n) is 6.04. The van der Waals surface area contributed by atoms with Crippen LogP contribution in [0.3, 0.4) is 0 Å². The molecule has 0 aliphatic carbocycles. The molecule has 0 radical (unpaired) electrons. The predicted octanol–water partition coefficient (Wildman–Crippen LogP) is -0.550. The third-order valence-electron chi connectivity index (χ3n) is 4.40. The summed E-state index contributed by atoms with van der Waals surface area (Å²) in [6, 6.07) is -0.595. The molecule has 1 aromatic heterocycles. The van der Waals surface area contributed by atoms with E-state index >= 15 is 0 Å². The average Bonchev–Trinajstić information content (AvgIpc) is 3.06. The Morgan fingerprint density at radius 3 is 2.91 bits per heavy atom. The number of carbonyl (C=O) groups excluding carboxylic acids is 3. The lowest BCUT2D eigenvalue weighted by atomic mass is 10.00. The number of urea groups is 1. The van der Waals surface area contributed by atoms with Crippen molar-refractivity contribution in [1.82, 2.24) is 30.2 Å². The second kappa shape index (κ2) is 5.65.